The lowest BCUT2D eigenvalue weighted by Crippen LogP contribution is -2.44. The molecule has 0 amide bonds. The molecule has 1 aliphatic heterocycles. The van der Waals surface area contributed by atoms with E-state index in [0.717, 1.165) is 25.1 Å². The van der Waals surface area contributed by atoms with Gasteiger partial charge in [0.25, 0.3) is 0 Å². The van der Waals surface area contributed by atoms with Gasteiger partial charge < -0.3 is 20.5 Å². The summed E-state index contributed by atoms with van der Waals surface area (Å²) in [5, 5.41) is 16.0. The average Bonchev–Trinajstić information content (AvgIpc) is 3.18. The second-order valence-electron chi connectivity index (χ2n) is 8.08. The second kappa shape index (κ2) is 12.9. The molecule has 1 saturated heterocycles. The summed E-state index contributed by atoms with van der Waals surface area (Å²) in [6.45, 7) is 9.03. The van der Waals surface area contributed by atoms with Crippen LogP contribution in [0.5, 0.6) is 0 Å². The van der Waals surface area contributed by atoms with Gasteiger partial charge in [-0.25, -0.2) is 13.4 Å². The summed E-state index contributed by atoms with van der Waals surface area (Å²) in [6, 6.07) is 6.75. The van der Waals surface area contributed by atoms with Crippen LogP contribution < -0.4 is 10.6 Å². The molecule has 0 aliphatic carbocycles. The zero-order valence-electron chi connectivity index (χ0n) is 18.9. The van der Waals surface area contributed by atoms with Crippen LogP contribution in [0.1, 0.15) is 39.2 Å². The Morgan fingerprint density at radius 1 is 1.29 bits per heavy atom. The highest BCUT2D eigenvalue weighted by atomic mass is 127. The van der Waals surface area contributed by atoms with Gasteiger partial charge in [0.05, 0.1) is 18.0 Å². The van der Waals surface area contributed by atoms with Gasteiger partial charge in [0.1, 0.15) is 0 Å². The molecule has 1 fully saturated rings. The fourth-order valence-electron chi connectivity index (χ4n) is 3.31. The summed E-state index contributed by atoms with van der Waals surface area (Å²) >= 11 is 0. The fraction of sp³-hybridized carbons (Fsp3) is 0.667. The van der Waals surface area contributed by atoms with Gasteiger partial charge in [-0.05, 0) is 51.3 Å². The number of hydrogen-bond donors (Lipinski definition) is 3. The van der Waals surface area contributed by atoms with E-state index in [1.807, 2.05) is 20.8 Å². The van der Waals surface area contributed by atoms with Gasteiger partial charge in [-0.2, -0.15) is 4.31 Å². The molecule has 8 nitrogen and oxygen atoms in total. The minimum atomic E-state index is -3.48. The molecular weight excluding hydrogens is 531 g/mol. The second-order valence-corrected chi connectivity index (χ2v) is 10.1. The van der Waals surface area contributed by atoms with Crippen LogP contribution in [0, 0.1) is 5.41 Å². The quantitative estimate of drug-likeness (QED) is 0.227. The molecule has 0 radical (unpaired) electrons. The third-order valence-electron chi connectivity index (χ3n) is 5.55. The Morgan fingerprint density at radius 3 is 2.48 bits per heavy atom. The Balaban J connectivity index is 0.00000480. The molecule has 1 aliphatic rings. The van der Waals surface area contributed by atoms with Crippen molar-refractivity contribution in [2.75, 3.05) is 40.0 Å². The number of benzene rings is 1. The van der Waals surface area contributed by atoms with Crippen LogP contribution in [0.4, 0.5) is 0 Å². The molecule has 1 aromatic carbocycles. The summed E-state index contributed by atoms with van der Waals surface area (Å²) in [6.07, 6.45) is 1.61. The normalized spacial score (nSPS) is 19.5. The fourth-order valence-corrected chi connectivity index (χ4v) is 4.67. The molecule has 0 saturated carbocycles. The van der Waals surface area contributed by atoms with Crippen LogP contribution in [0.3, 0.4) is 0 Å². The molecule has 0 aromatic heterocycles. The predicted octanol–water partition coefficient (Wildman–Crippen LogP) is 2.18. The number of nitrogens with zero attached hydrogens (tertiary/aromatic N) is 2. The molecule has 178 valence electrons. The van der Waals surface area contributed by atoms with Gasteiger partial charge in [-0.3, -0.25) is 0 Å². The van der Waals surface area contributed by atoms with Gasteiger partial charge >= 0.3 is 0 Å². The standard InChI is InChI=1S/C21H36N4O4S.HI/c1-5-22-20(24-15-21(10-12-26)11-13-29-16-21)23-14-18-6-8-19(9-7-18)30(27,28)25(4)17(2)3;/h6-9,17,26H,5,10-16H2,1-4H3,(H2,22,23,24);1H. The number of aliphatic hydroxyl groups is 1. The molecule has 2 rings (SSSR count). The summed E-state index contributed by atoms with van der Waals surface area (Å²) < 4.78 is 32.1. The minimum absolute atomic E-state index is 0. The van der Waals surface area contributed by atoms with E-state index in [0.29, 0.717) is 32.1 Å². The maximum atomic E-state index is 12.6. The van der Waals surface area contributed by atoms with Crippen molar-refractivity contribution in [2.45, 2.75) is 51.1 Å². The molecule has 31 heavy (non-hydrogen) atoms. The van der Waals surface area contributed by atoms with Crippen LogP contribution in [-0.2, 0) is 21.3 Å². The maximum absolute atomic E-state index is 12.6. The Kier molecular flexibility index (Phi) is 11.7. The summed E-state index contributed by atoms with van der Waals surface area (Å²) in [5.74, 6) is 0.693. The van der Waals surface area contributed by atoms with Gasteiger partial charge in [0.15, 0.2) is 5.96 Å². The first-order valence-corrected chi connectivity index (χ1v) is 12.0. The molecule has 1 aromatic rings. The van der Waals surface area contributed by atoms with Crippen molar-refractivity contribution in [2.24, 2.45) is 10.4 Å². The molecule has 10 heteroatoms. The van der Waals surface area contributed by atoms with E-state index < -0.39 is 10.0 Å². The molecule has 1 heterocycles. The number of halogens is 1. The number of guanidine groups is 1. The number of ether oxygens (including phenoxy) is 1. The number of aliphatic hydroxyl groups excluding tert-OH is 1. The Labute approximate surface area is 203 Å². The highest BCUT2D eigenvalue weighted by molar-refractivity contribution is 14.0. The minimum Gasteiger partial charge on any atom is -0.396 e. The third kappa shape index (κ3) is 7.85. The summed E-state index contributed by atoms with van der Waals surface area (Å²) in [7, 11) is -1.90. The molecule has 1 atom stereocenters. The number of aliphatic imine (C=N–C) groups is 1. The molecule has 1 unspecified atom stereocenters. The van der Waals surface area contributed by atoms with Crippen molar-refractivity contribution in [3.8, 4) is 0 Å². The lowest BCUT2D eigenvalue weighted by atomic mass is 9.84. The lowest BCUT2D eigenvalue weighted by molar-refractivity contribution is 0.127. The van der Waals surface area contributed by atoms with Crippen LogP contribution in [0.15, 0.2) is 34.2 Å². The SMILES string of the molecule is CCNC(=NCc1ccc(S(=O)(=O)N(C)C(C)C)cc1)NCC1(CCO)CCOC1.I. The van der Waals surface area contributed by atoms with Gasteiger partial charge in [-0.15, -0.1) is 24.0 Å². The van der Waals surface area contributed by atoms with E-state index in [9.17, 15) is 13.5 Å². The largest absolute Gasteiger partial charge is 0.396 e. The first-order chi connectivity index (χ1) is 14.2. The van der Waals surface area contributed by atoms with Crippen molar-refractivity contribution >= 4 is 40.0 Å². The topological polar surface area (TPSA) is 103 Å². The van der Waals surface area contributed by atoms with Crippen LogP contribution in [0.25, 0.3) is 0 Å². The van der Waals surface area contributed by atoms with E-state index in [-0.39, 0.29) is 46.9 Å². The number of rotatable bonds is 10. The van der Waals surface area contributed by atoms with Crippen LogP contribution in [-0.4, -0.2) is 69.8 Å². The van der Waals surface area contributed by atoms with E-state index in [4.69, 9.17) is 4.74 Å². The molecule has 0 spiro atoms. The number of hydrogen-bond acceptors (Lipinski definition) is 5. The predicted molar refractivity (Wildman–Crippen MR) is 134 cm³/mol. The molecular formula is C21H37IN4O4S. The first kappa shape index (κ1) is 28.1. The van der Waals surface area contributed by atoms with E-state index in [1.54, 1.807) is 31.3 Å². The Bertz CT molecular complexity index is 794. The summed E-state index contributed by atoms with van der Waals surface area (Å²) in [4.78, 5) is 4.90. The monoisotopic (exact) mass is 568 g/mol. The van der Waals surface area contributed by atoms with Crippen molar-refractivity contribution in [1.29, 1.82) is 0 Å². The summed E-state index contributed by atoms with van der Waals surface area (Å²) in [5.41, 5.74) is 0.858. The van der Waals surface area contributed by atoms with Crippen LogP contribution in [0.2, 0.25) is 0 Å². The third-order valence-corrected chi connectivity index (χ3v) is 7.60. The van der Waals surface area contributed by atoms with E-state index >= 15 is 0 Å². The van der Waals surface area contributed by atoms with Crippen molar-refractivity contribution in [1.82, 2.24) is 14.9 Å². The van der Waals surface area contributed by atoms with E-state index in [1.165, 1.54) is 4.31 Å². The highest BCUT2D eigenvalue weighted by Crippen LogP contribution is 2.31. The average molecular weight is 569 g/mol. The van der Waals surface area contributed by atoms with Crippen molar-refractivity contribution in [3.63, 3.8) is 0 Å². The van der Waals surface area contributed by atoms with Gasteiger partial charge in [0, 0.05) is 44.8 Å². The van der Waals surface area contributed by atoms with Gasteiger partial charge in [0.2, 0.25) is 10.0 Å². The highest BCUT2D eigenvalue weighted by Gasteiger charge is 2.34. The van der Waals surface area contributed by atoms with E-state index in [2.05, 4.69) is 15.6 Å². The zero-order valence-corrected chi connectivity index (χ0v) is 22.1. The van der Waals surface area contributed by atoms with Crippen molar-refractivity contribution < 1.29 is 18.3 Å². The first-order valence-electron chi connectivity index (χ1n) is 10.5. The van der Waals surface area contributed by atoms with Crippen molar-refractivity contribution in [3.05, 3.63) is 29.8 Å². The molecule has 3 N–H and O–H groups in total. The van der Waals surface area contributed by atoms with Gasteiger partial charge in [-0.1, -0.05) is 12.1 Å². The molecule has 0 bridgehead atoms. The van der Waals surface area contributed by atoms with Crippen LogP contribution >= 0.6 is 24.0 Å². The maximum Gasteiger partial charge on any atom is 0.243 e. The number of nitrogens with one attached hydrogen (secondary N) is 2. The number of sulfonamides is 1. The lowest BCUT2D eigenvalue weighted by Gasteiger charge is -2.27. The zero-order chi connectivity index (χ0) is 22.2. The Morgan fingerprint density at radius 2 is 1.97 bits per heavy atom. The smallest absolute Gasteiger partial charge is 0.243 e. The Hall–Kier alpha value is -0.950.